The van der Waals surface area contributed by atoms with Gasteiger partial charge in [-0.25, -0.2) is 4.98 Å². The van der Waals surface area contributed by atoms with Crippen LogP contribution in [0.25, 0.3) is 10.6 Å². The lowest BCUT2D eigenvalue weighted by atomic mass is 10.0. The summed E-state index contributed by atoms with van der Waals surface area (Å²) in [5.74, 6) is 0.489. The molecule has 0 saturated carbocycles. The number of piperidine rings is 1. The van der Waals surface area contributed by atoms with Gasteiger partial charge in [0.15, 0.2) is 0 Å². The van der Waals surface area contributed by atoms with Crippen LogP contribution in [0, 0.1) is 6.92 Å². The van der Waals surface area contributed by atoms with E-state index in [-0.39, 0.29) is 0 Å². The van der Waals surface area contributed by atoms with Crippen LogP contribution in [0.4, 0.5) is 0 Å². The molecule has 1 saturated heterocycles. The molecule has 1 aliphatic rings. The highest BCUT2D eigenvalue weighted by molar-refractivity contribution is 7.13. The first-order chi connectivity index (χ1) is 10.3. The number of rotatable bonds is 4. The largest absolute Gasteiger partial charge is 0.299 e. The molecule has 112 valence electrons. The van der Waals surface area contributed by atoms with E-state index in [1.165, 1.54) is 49.0 Å². The van der Waals surface area contributed by atoms with Gasteiger partial charge >= 0.3 is 0 Å². The molecule has 1 fully saturated rings. The molecule has 2 heterocycles. The average molecular weight is 321 g/mol. The van der Waals surface area contributed by atoms with Crippen molar-refractivity contribution in [2.45, 2.75) is 38.6 Å². The number of likely N-dealkylation sites (tertiary alicyclic amines) is 1. The normalized spacial score (nSPS) is 16.3. The number of halogens is 1. The third-order valence-corrected chi connectivity index (χ3v) is 5.33. The highest BCUT2D eigenvalue weighted by atomic mass is 35.5. The zero-order valence-corrected chi connectivity index (χ0v) is 14.0. The van der Waals surface area contributed by atoms with E-state index < -0.39 is 0 Å². The van der Waals surface area contributed by atoms with Crippen LogP contribution >= 0.6 is 22.9 Å². The van der Waals surface area contributed by atoms with Crippen molar-refractivity contribution in [2.24, 2.45) is 0 Å². The summed E-state index contributed by atoms with van der Waals surface area (Å²) >= 11 is 7.50. The molecule has 1 aromatic carbocycles. The Hall–Kier alpha value is -0.900. The third-order valence-electron chi connectivity index (χ3n) is 4.12. The van der Waals surface area contributed by atoms with Gasteiger partial charge in [0.1, 0.15) is 5.01 Å². The Bertz CT molecular complexity index is 603. The molecule has 0 spiro atoms. The molecular formula is C17H21ClN2S. The fourth-order valence-corrected chi connectivity index (χ4v) is 3.91. The Morgan fingerprint density at radius 3 is 2.71 bits per heavy atom. The molecule has 3 rings (SSSR count). The Morgan fingerprint density at radius 1 is 1.24 bits per heavy atom. The maximum Gasteiger partial charge on any atom is 0.123 e. The van der Waals surface area contributed by atoms with E-state index in [0.717, 1.165) is 17.2 Å². The van der Waals surface area contributed by atoms with Crippen LogP contribution < -0.4 is 0 Å². The van der Waals surface area contributed by atoms with Crippen molar-refractivity contribution in [3.05, 3.63) is 40.4 Å². The molecule has 0 N–H and O–H groups in total. The van der Waals surface area contributed by atoms with Crippen molar-refractivity contribution in [2.75, 3.05) is 13.1 Å². The summed E-state index contributed by atoms with van der Waals surface area (Å²) in [5, 5.41) is 3.11. The molecular weight excluding hydrogens is 300 g/mol. The number of alkyl halides is 1. The summed E-state index contributed by atoms with van der Waals surface area (Å²) < 4.78 is 0. The maximum atomic E-state index is 5.83. The van der Waals surface area contributed by atoms with E-state index in [1.807, 2.05) is 5.38 Å². The standard InChI is InChI=1S/C17H21ClN2S/c1-13-9-14(17-19-16(10-18)12-21-17)5-6-15(13)11-20-7-3-2-4-8-20/h5-6,9,12H,2-4,7-8,10-11H2,1H3. The predicted molar refractivity (Wildman–Crippen MR) is 91.0 cm³/mol. The fraction of sp³-hybridized carbons (Fsp3) is 0.471. The van der Waals surface area contributed by atoms with Gasteiger partial charge in [-0.3, -0.25) is 4.90 Å². The van der Waals surface area contributed by atoms with Crippen LogP contribution in [0.2, 0.25) is 0 Å². The lowest BCUT2D eigenvalue weighted by molar-refractivity contribution is 0.220. The summed E-state index contributed by atoms with van der Waals surface area (Å²) in [7, 11) is 0. The van der Waals surface area contributed by atoms with E-state index in [1.54, 1.807) is 11.3 Å². The van der Waals surface area contributed by atoms with Crippen molar-refractivity contribution >= 4 is 22.9 Å². The molecule has 4 heteroatoms. The molecule has 0 atom stereocenters. The van der Waals surface area contributed by atoms with Gasteiger partial charge in [0.05, 0.1) is 11.6 Å². The number of hydrogen-bond acceptors (Lipinski definition) is 3. The molecule has 2 aromatic rings. The van der Waals surface area contributed by atoms with Gasteiger partial charge in [-0.05, 0) is 50.0 Å². The third kappa shape index (κ3) is 3.65. The smallest absolute Gasteiger partial charge is 0.123 e. The first-order valence-corrected chi connectivity index (χ1v) is 9.00. The van der Waals surface area contributed by atoms with Gasteiger partial charge in [0, 0.05) is 17.5 Å². The number of benzene rings is 1. The van der Waals surface area contributed by atoms with Gasteiger partial charge in [-0.15, -0.1) is 22.9 Å². The van der Waals surface area contributed by atoms with E-state index in [2.05, 4.69) is 35.0 Å². The molecule has 0 aliphatic carbocycles. The van der Waals surface area contributed by atoms with E-state index in [0.29, 0.717) is 5.88 Å². The fourth-order valence-electron chi connectivity index (χ4n) is 2.87. The van der Waals surface area contributed by atoms with Crippen molar-refractivity contribution < 1.29 is 0 Å². The first kappa shape index (κ1) is 15.0. The van der Waals surface area contributed by atoms with Crippen LogP contribution in [-0.2, 0) is 12.4 Å². The van der Waals surface area contributed by atoms with Gasteiger partial charge in [0.25, 0.3) is 0 Å². The summed E-state index contributed by atoms with van der Waals surface area (Å²) in [4.78, 5) is 7.13. The van der Waals surface area contributed by atoms with E-state index in [4.69, 9.17) is 11.6 Å². The highest BCUT2D eigenvalue weighted by Gasteiger charge is 2.12. The van der Waals surface area contributed by atoms with E-state index >= 15 is 0 Å². The second-order valence-corrected chi connectivity index (χ2v) is 6.88. The lowest BCUT2D eigenvalue weighted by Crippen LogP contribution is -2.29. The van der Waals surface area contributed by atoms with Crippen LogP contribution in [0.1, 0.15) is 36.1 Å². The van der Waals surface area contributed by atoms with E-state index in [9.17, 15) is 0 Å². The molecule has 21 heavy (non-hydrogen) atoms. The average Bonchev–Trinajstić information content (AvgIpc) is 2.99. The monoisotopic (exact) mass is 320 g/mol. The lowest BCUT2D eigenvalue weighted by Gasteiger charge is -2.27. The molecule has 1 aliphatic heterocycles. The minimum Gasteiger partial charge on any atom is -0.299 e. The molecule has 1 aromatic heterocycles. The summed E-state index contributed by atoms with van der Waals surface area (Å²) in [6.45, 7) is 5.77. The van der Waals surface area contributed by atoms with Crippen LogP contribution in [0.15, 0.2) is 23.6 Å². The molecule has 0 radical (unpaired) electrons. The molecule has 0 bridgehead atoms. The number of aryl methyl sites for hydroxylation is 1. The second-order valence-electron chi connectivity index (χ2n) is 5.76. The number of nitrogens with zero attached hydrogens (tertiary/aromatic N) is 2. The van der Waals surface area contributed by atoms with Crippen molar-refractivity contribution in [3.8, 4) is 10.6 Å². The topological polar surface area (TPSA) is 16.1 Å². The zero-order valence-electron chi connectivity index (χ0n) is 12.4. The summed E-state index contributed by atoms with van der Waals surface area (Å²) in [5.41, 5.74) is 4.97. The van der Waals surface area contributed by atoms with Crippen LogP contribution in [0.3, 0.4) is 0 Å². The Labute approximate surface area is 135 Å². The number of hydrogen-bond donors (Lipinski definition) is 0. The zero-order chi connectivity index (χ0) is 14.7. The van der Waals surface area contributed by atoms with Crippen LogP contribution in [0.5, 0.6) is 0 Å². The second kappa shape index (κ2) is 6.91. The highest BCUT2D eigenvalue weighted by Crippen LogP contribution is 2.27. The van der Waals surface area contributed by atoms with Crippen molar-refractivity contribution in [3.63, 3.8) is 0 Å². The van der Waals surface area contributed by atoms with Gasteiger partial charge < -0.3 is 0 Å². The number of aromatic nitrogens is 1. The first-order valence-electron chi connectivity index (χ1n) is 7.59. The Balaban J connectivity index is 1.75. The van der Waals surface area contributed by atoms with Crippen LogP contribution in [-0.4, -0.2) is 23.0 Å². The Morgan fingerprint density at radius 2 is 2.05 bits per heavy atom. The minimum absolute atomic E-state index is 0.489. The van der Waals surface area contributed by atoms with Crippen molar-refractivity contribution in [1.82, 2.24) is 9.88 Å². The predicted octanol–water partition coefficient (Wildman–Crippen LogP) is 4.84. The SMILES string of the molecule is Cc1cc(-c2nc(CCl)cs2)ccc1CN1CCCCC1. The minimum atomic E-state index is 0.489. The molecule has 0 unspecified atom stereocenters. The summed E-state index contributed by atoms with van der Waals surface area (Å²) in [6, 6.07) is 6.72. The quantitative estimate of drug-likeness (QED) is 0.749. The van der Waals surface area contributed by atoms with Gasteiger partial charge in [-0.1, -0.05) is 18.6 Å². The maximum absolute atomic E-state index is 5.83. The number of thiazole rings is 1. The van der Waals surface area contributed by atoms with Gasteiger partial charge in [0.2, 0.25) is 0 Å². The Kier molecular flexibility index (Phi) is 4.94. The van der Waals surface area contributed by atoms with Crippen molar-refractivity contribution in [1.29, 1.82) is 0 Å². The molecule has 0 amide bonds. The summed E-state index contributed by atoms with van der Waals surface area (Å²) in [6.07, 6.45) is 4.08. The van der Waals surface area contributed by atoms with Gasteiger partial charge in [-0.2, -0.15) is 0 Å². The molecule has 2 nitrogen and oxygen atoms in total.